The van der Waals surface area contributed by atoms with Crippen molar-refractivity contribution in [2.24, 2.45) is 0 Å². The van der Waals surface area contributed by atoms with Gasteiger partial charge in [0.15, 0.2) is 5.15 Å². The van der Waals surface area contributed by atoms with Gasteiger partial charge < -0.3 is 9.30 Å². The summed E-state index contributed by atoms with van der Waals surface area (Å²) < 4.78 is 6.50. The first-order valence-corrected chi connectivity index (χ1v) is 8.75. The van der Waals surface area contributed by atoms with Crippen molar-refractivity contribution < 1.29 is 9.53 Å². The summed E-state index contributed by atoms with van der Waals surface area (Å²) >= 11 is 14.1. The molecule has 0 bridgehead atoms. The molecular formula is C16H16Cl2N2O2S. The number of hydrogen-bond acceptors (Lipinski definition) is 4. The molecule has 23 heavy (non-hydrogen) atoms. The third kappa shape index (κ3) is 4.31. The summed E-state index contributed by atoms with van der Waals surface area (Å²) in [5, 5.41) is 1.02. The van der Waals surface area contributed by atoms with Crippen LogP contribution in [0.5, 0.6) is 0 Å². The lowest BCUT2D eigenvalue weighted by Crippen LogP contribution is -2.05. The van der Waals surface area contributed by atoms with Crippen LogP contribution < -0.4 is 0 Å². The van der Waals surface area contributed by atoms with E-state index in [0.717, 1.165) is 16.3 Å². The maximum Gasteiger partial charge on any atom is 0.330 e. The molecule has 0 atom stereocenters. The van der Waals surface area contributed by atoms with Crippen LogP contribution in [0.4, 0.5) is 0 Å². The minimum atomic E-state index is -0.450. The molecule has 0 aliphatic carbocycles. The summed E-state index contributed by atoms with van der Waals surface area (Å²) in [7, 11) is 1.32. The highest BCUT2D eigenvalue weighted by molar-refractivity contribution is 7.98. The van der Waals surface area contributed by atoms with Crippen LogP contribution in [0.25, 0.3) is 6.08 Å². The number of methoxy groups -OCH3 is 1. The van der Waals surface area contributed by atoms with Crippen molar-refractivity contribution in [1.82, 2.24) is 9.55 Å². The van der Waals surface area contributed by atoms with Crippen LogP contribution in [0.3, 0.4) is 0 Å². The van der Waals surface area contributed by atoms with Crippen LogP contribution in [-0.2, 0) is 16.1 Å². The van der Waals surface area contributed by atoms with Gasteiger partial charge in [-0.25, -0.2) is 9.78 Å². The highest BCUT2D eigenvalue weighted by Gasteiger charge is 2.13. The Labute approximate surface area is 149 Å². The molecule has 2 rings (SSSR count). The Morgan fingerprint density at radius 2 is 2.17 bits per heavy atom. The third-order valence-electron chi connectivity index (χ3n) is 3.32. The van der Waals surface area contributed by atoms with Gasteiger partial charge >= 0.3 is 5.97 Å². The number of benzene rings is 1. The molecule has 122 valence electrons. The summed E-state index contributed by atoms with van der Waals surface area (Å²) in [6, 6.07) is 5.93. The van der Waals surface area contributed by atoms with Gasteiger partial charge in [-0.2, -0.15) is 0 Å². The summed E-state index contributed by atoms with van der Waals surface area (Å²) in [5.41, 5.74) is 1.59. The van der Waals surface area contributed by atoms with E-state index in [1.54, 1.807) is 17.8 Å². The molecular weight excluding hydrogens is 355 g/mol. The van der Waals surface area contributed by atoms with Crippen molar-refractivity contribution in [2.75, 3.05) is 13.4 Å². The topological polar surface area (TPSA) is 44.1 Å². The number of rotatable bonds is 5. The van der Waals surface area contributed by atoms with Gasteiger partial charge in [-0.05, 0) is 37.0 Å². The number of ether oxygens (including phenoxy) is 1. The predicted molar refractivity (Wildman–Crippen MR) is 95.4 cm³/mol. The summed E-state index contributed by atoms with van der Waals surface area (Å²) in [6.45, 7) is 2.37. The van der Waals surface area contributed by atoms with Crippen LogP contribution in [0.1, 0.15) is 17.1 Å². The molecule has 0 N–H and O–H groups in total. The molecule has 4 nitrogen and oxygen atoms in total. The van der Waals surface area contributed by atoms with E-state index in [9.17, 15) is 4.79 Å². The van der Waals surface area contributed by atoms with E-state index in [1.807, 2.05) is 35.9 Å². The monoisotopic (exact) mass is 370 g/mol. The van der Waals surface area contributed by atoms with Crippen molar-refractivity contribution in [1.29, 1.82) is 0 Å². The summed E-state index contributed by atoms with van der Waals surface area (Å²) in [6.07, 6.45) is 4.91. The molecule has 0 amide bonds. The van der Waals surface area contributed by atoms with Crippen molar-refractivity contribution >= 4 is 47.0 Å². The van der Waals surface area contributed by atoms with Crippen LogP contribution >= 0.6 is 35.0 Å². The standard InChI is InChI=1S/C16H16Cl2N2O2S/c1-10-19-16(18)14(6-7-15(21)22-2)20(10)9-11-4-5-12(23-3)8-13(11)17/h4-8H,9H2,1-3H3. The molecule has 0 aliphatic heterocycles. The zero-order valence-electron chi connectivity index (χ0n) is 13.0. The van der Waals surface area contributed by atoms with Gasteiger partial charge in [0.1, 0.15) is 5.82 Å². The average Bonchev–Trinajstić information content (AvgIpc) is 2.80. The first-order chi connectivity index (χ1) is 11.0. The number of esters is 1. The molecule has 0 saturated heterocycles. The Balaban J connectivity index is 2.36. The first-order valence-electron chi connectivity index (χ1n) is 6.77. The molecule has 0 unspecified atom stereocenters. The van der Waals surface area contributed by atoms with Gasteiger partial charge in [-0.3, -0.25) is 0 Å². The average molecular weight is 371 g/mol. The molecule has 2 aromatic rings. The third-order valence-corrected chi connectivity index (χ3v) is 4.68. The van der Waals surface area contributed by atoms with Gasteiger partial charge in [0.2, 0.25) is 0 Å². The van der Waals surface area contributed by atoms with Crippen LogP contribution in [0.2, 0.25) is 10.2 Å². The Bertz CT molecular complexity index is 757. The van der Waals surface area contributed by atoms with Crippen LogP contribution in [0.15, 0.2) is 29.2 Å². The van der Waals surface area contributed by atoms with E-state index in [2.05, 4.69) is 9.72 Å². The van der Waals surface area contributed by atoms with Crippen molar-refractivity contribution in [3.05, 3.63) is 51.5 Å². The maximum atomic E-state index is 11.3. The SMILES string of the molecule is COC(=O)C=Cc1c(Cl)nc(C)n1Cc1ccc(SC)cc1Cl. The molecule has 1 aromatic heterocycles. The van der Waals surface area contributed by atoms with Crippen molar-refractivity contribution in [3.8, 4) is 0 Å². The number of aryl methyl sites for hydroxylation is 1. The van der Waals surface area contributed by atoms with Gasteiger partial charge in [-0.15, -0.1) is 11.8 Å². The fourth-order valence-electron chi connectivity index (χ4n) is 2.07. The highest BCUT2D eigenvalue weighted by atomic mass is 35.5. The Kier molecular flexibility index (Phi) is 6.16. The second kappa shape index (κ2) is 7.90. The summed E-state index contributed by atoms with van der Waals surface area (Å²) in [4.78, 5) is 16.6. The number of carbonyl (C=O) groups excluding carboxylic acids is 1. The highest BCUT2D eigenvalue weighted by Crippen LogP contribution is 2.26. The lowest BCUT2D eigenvalue weighted by Gasteiger charge is -2.11. The maximum absolute atomic E-state index is 11.3. The van der Waals surface area contributed by atoms with Crippen LogP contribution in [-0.4, -0.2) is 28.9 Å². The predicted octanol–water partition coefficient (Wildman–Crippen LogP) is 4.45. The summed E-state index contributed by atoms with van der Waals surface area (Å²) in [5.74, 6) is 0.290. The molecule has 0 aliphatic rings. The minimum Gasteiger partial charge on any atom is -0.466 e. The van der Waals surface area contributed by atoms with E-state index in [4.69, 9.17) is 23.2 Å². The quantitative estimate of drug-likeness (QED) is 0.442. The van der Waals surface area contributed by atoms with Crippen molar-refractivity contribution in [3.63, 3.8) is 0 Å². The number of halogens is 2. The van der Waals surface area contributed by atoms with Crippen molar-refractivity contribution in [2.45, 2.75) is 18.4 Å². The lowest BCUT2D eigenvalue weighted by atomic mass is 10.2. The number of carbonyl (C=O) groups is 1. The van der Waals surface area contributed by atoms with E-state index in [0.29, 0.717) is 22.4 Å². The van der Waals surface area contributed by atoms with Gasteiger partial charge in [0.05, 0.1) is 19.3 Å². The van der Waals surface area contributed by atoms with Gasteiger partial charge in [0, 0.05) is 16.0 Å². The molecule has 0 spiro atoms. The molecule has 7 heteroatoms. The smallest absolute Gasteiger partial charge is 0.330 e. The zero-order chi connectivity index (χ0) is 17.0. The second-order valence-corrected chi connectivity index (χ2v) is 6.38. The molecule has 0 saturated carbocycles. The van der Waals surface area contributed by atoms with E-state index in [1.165, 1.54) is 13.2 Å². The fraction of sp³-hybridized carbons (Fsp3) is 0.250. The lowest BCUT2D eigenvalue weighted by molar-refractivity contribution is -0.134. The Morgan fingerprint density at radius 1 is 1.43 bits per heavy atom. The Hall–Kier alpha value is -1.43. The van der Waals surface area contributed by atoms with E-state index in [-0.39, 0.29) is 0 Å². The number of aromatic nitrogens is 2. The van der Waals surface area contributed by atoms with Gasteiger partial charge in [-0.1, -0.05) is 29.3 Å². The first kappa shape index (κ1) is 17.9. The minimum absolute atomic E-state index is 0.333. The molecule has 0 fully saturated rings. The van der Waals surface area contributed by atoms with Crippen LogP contribution in [0, 0.1) is 6.92 Å². The zero-order valence-corrected chi connectivity index (χ0v) is 15.3. The largest absolute Gasteiger partial charge is 0.466 e. The molecule has 1 aromatic carbocycles. The number of thioether (sulfide) groups is 1. The second-order valence-electron chi connectivity index (χ2n) is 4.74. The number of nitrogens with zero attached hydrogens (tertiary/aromatic N) is 2. The normalized spacial score (nSPS) is 11.2. The van der Waals surface area contributed by atoms with E-state index >= 15 is 0 Å². The molecule has 1 heterocycles. The number of imidazole rings is 1. The Morgan fingerprint density at radius 3 is 2.78 bits per heavy atom. The van der Waals surface area contributed by atoms with Gasteiger partial charge in [0.25, 0.3) is 0 Å². The van der Waals surface area contributed by atoms with E-state index < -0.39 is 5.97 Å². The molecule has 0 radical (unpaired) electrons. The number of hydrogen-bond donors (Lipinski definition) is 0. The fourth-order valence-corrected chi connectivity index (χ4v) is 3.10.